The number of carbonyl (C=O) groups excluding carboxylic acids is 2. The number of thiophene rings is 1. The van der Waals surface area contributed by atoms with Gasteiger partial charge in [0.25, 0.3) is 5.91 Å². The van der Waals surface area contributed by atoms with Crippen LogP contribution in [0.3, 0.4) is 0 Å². The Morgan fingerprint density at radius 1 is 1.18 bits per heavy atom. The SMILES string of the molecule is CC(C)(C)C(=O)n1nc(C2CN(C(=O)N3CCOCC3)CCN2)cc1CCc1ccc(Cl)s1. The van der Waals surface area contributed by atoms with Gasteiger partial charge in [-0.2, -0.15) is 5.10 Å². The fourth-order valence-corrected chi connectivity index (χ4v) is 5.18. The summed E-state index contributed by atoms with van der Waals surface area (Å²) in [5.74, 6) is -0.0370. The molecule has 0 spiro atoms. The van der Waals surface area contributed by atoms with Gasteiger partial charge in [-0.1, -0.05) is 32.4 Å². The maximum Gasteiger partial charge on any atom is 0.320 e. The molecular weight excluding hydrogens is 462 g/mol. The largest absolute Gasteiger partial charge is 0.378 e. The van der Waals surface area contributed by atoms with Gasteiger partial charge in [0.05, 0.1) is 29.3 Å². The van der Waals surface area contributed by atoms with Gasteiger partial charge in [-0.15, -0.1) is 11.3 Å². The van der Waals surface area contributed by atoms with Crippen LogP contribution in [0.2, 0.25) is 4.34 Å². The van der Waals surface area contributed by atoms with E-state index in [2.05, 4.69) is 5.32 Å². The van der Waals surface area contributed by atoms with Crippen molar-refractivity contribution in [3.63, 3.8) is 0 Å². The smallest absolute Gasteiger partial charge is 0.320 e. The molecule has 1 unspecified atom stereocenters. The fraction of sp³-hybridized carbons (Fsp3) is 0.609. The second kappa shape index (κ2) is 10.1. The molecule has 4 rings (SSSR count). The number of ether oxygens (including phenoxy) is 1. The fourth-order valence-electron chi connectivity index (χ4n) is 4.10. The summed E-state index contributed by atoms with van der Waals surface area (Å²) < 4.78 is 7.70. The molecule has 1 N–H and O–H groups in total. The second-order valence-electron chi connectivity index (χ2n) is 9.57. The molecule has 180 valence electrons. The molecule has 0 aliphatic carbocycles. The Morgan fingerprint density at radius 2 is 1.94 bits per heavy atom. The summed E-state index contributed by atoms with van der Waals surface area (Å²) in [5.41, 5.74) is 1.13. The summed E-state index contributed by atoms with van der Waals surface area (Å²) in [7, 11) is 0. The molecule has 8 nitrogen and oxygen atoms in total. The number of aromatic nitrogens is 2. The number of rotatable bonds is 4. The molecule has 0 saturated carbocycles. The van der Waals surface area contributed by atoms with Crippen molar-refractivity contribution in [3.8, 4) is 0 Å². The highest BCUT2D eigenvalue weighted by molar-refractivity contribution is 7.16. The van der Waals surface area contributed by atoms with Crippen LogP contribution in [0.5, 0.6) is 0 Å². The number of hydrogen-bond acceptors (Lipinski definition) is 6. The monoisotopic (exact) mass is 493 g/mol. The molecule has 0 bridgehead atoms. The van der Waals surface area contributed by atoms with Gasteiger partial charge < -0.3 is 19.9 Å². The maximum atomic E-state index is 13.2. The number of halogens is 1. The molecule has 2 amide bonds. The second-order valence-corrected chi connectivity index (χ2v) is 11.4. The quantitative estimate of drug-likeness (QED) is 0.705. The van der Waals surface area contributed by atoms with Crippen LogP contribution >= 0.6 is 22.9 Å². The van der Waals surface area contributed by atoms with Crippen molar-refractivity contribution in [1.29, 1.82) is 0 Å². The molecule has 0 radical (unpaired) electrons. The van der Waals surface area contributed by atoms with Crippen LogP contribution < -0.4 is 5.32 Å². The van der Waals surface area contributed by atoms with Crippen LogP contribution in [0.25, 0.3) is 0 Å². The van der Waals surface area contributed by atoms with Gasteiger partial charge in [-0.05, 0) is 31.0 Å². The lowest BCUT2D eigenvalue weighted by atomic mass is 9.95. The molecule has 33 heavy (non-hydrogen) atoms. The Hall–Kier alpha value is -1.94. The summed E-state index contributed by atoms with van der Waals surface area (Å²) in [6.07, 6.45) is 1.48. The van der Waals surface area contributed by atoms with Crippen LogP contribution in [0.4, 0.5) is 4.79 Å². The lowest BCUT2D eigenvalue weighted by molar-refractivity contribution is 0.0406. The van der Waals surface area contributed by atoms with Crippen molar-refractivity contribution < 1.29 is 14.3 Å². The van der Waals surface area contributed by atoms with Crippen molar-refractivity contribution in [2.24, 2.45) is 5.41 Å². The van der Waals surface area contributed by atoms with Crippen molar-refractivity contribution in [2.45, 2.75) is 39.7 Å². The molecule has 2 aromatic rings. The van der Waals surface area contributed by atoms with Crippen molar-refractivity contribution >= 4 is 34.9 Å². The minimum atomic E-state index is -0.553. The average Bonchev–Trinajstić information content (AvgIpc) is 3.42. The first-order valence-corrected chi connectivity index (χ1v) is 12.6. The standard InChI is InChI=1S/C23H32ClN5O3S/c1-23(2,3)21(30)29-16(4-5-17-6-7-20(24)33-17)14-18(26-29)19-15-28(9-8-25-19)22(31)27-10-12-32-13-11-27/h6-7,14,19,25H,4-5,8-13,15H2,1-3H3. The summed E-state index contributed by atoms with van der Waals surface area (Å²) in [4.78, 5) is 31.0. The lowest BCUT2D eigenvalue weighted by Gasteiger charge is -2.37. The summed E-state index contributed by atoms with van der Waals surface area (Å²) in [6, 6.07) is 5.87. The number of aryl methyl sites for hydroxylation is 2. The average molecular weight is 494 g/mol. The highest BCUT2D eigenvalue weighted by Gasteiger charge is 2.32. The van der Waals surface area contributed by atoms with Gasteiger partial charge >= 0.3 is 6.03 Å². The summed E-state index contributed by atoms with van der Waals surface area (Å²) in [6.45, 7) is 9.99. The van der Waals surface area contributed by atoms with Crippen molar-refractivity contribution in [3.05, 3.63) is 38.8 Å². The number of urea groups is 1. The Kier molecular flexibility index (Phi) is 7.43. The van der Waals surface area contributed by atoms with Gasteiger partial charge in [0.1, 0.15) is 0 Å². The molecule has 1 atom stereocenters. The summed E-state index contributed by atoms with van der Waals surface area (Å²) >= 11 is 7.64. The van der Waals surface area contributed by atoms with E-state index in [1.165, 1.54) is 4.88 Å². The zero-order chi connectivity index (χ0) is 23.6. The molecule has 2 fully saturated rings. The number of amides is 2. The van der Waals surface area contributed by atoms with Crippen LogP contribution in [-0.2, 0) is 17.6 Å². The lowest BCUT2D eigenvalue weighted by Crippen LogP contribution is -2.54. The van der Waals surface area contributed by atoms with Crippen LogP contribution in [0.15, 0.2) is 18.2 Å². The predicted molar refractivity (Wildman–Crippen MR) is 129 cm³/mol. The van der Waals surface area contributed by atoms with E-state index in [-0.39, 0.29) is 18.0 Å². The van der Waals surface area contributed by atoms with E-state index in [1.54, 1.807) is 16.0 Å². The molecular formula is C23H32ClN5O3S. The van der Waals surface area contributed by atoms with E-state index < -0.39 is 5.41 Å². The van der Waals surface area contributed by atoms with Crippen LogP contribution in [0.1, 0.15) is 47.9 Å². The van der Waals surface area contributed by atoms with Crippen LogP contribution in [-0.4, -0.2) is 77.5 Å². The van der Waals surface area contributed by atoms with Gasteiger partial charge in [0.15, 0.2) is 0 Å². The number of nitrogens with one attached hydrogen (secondary N) is 1. The van der Waals surface area contributed by atoms with Crippen LogP contribution in [0, 0.1) is 5.41 Å². The molecule has 2 saturated heterocycles. The molecule has 2 aliphatic heterocycles. The third kappa shape index (κ3) is 5.77. The highest BCUT2D eigenvalue weighted by atomic mass is 35.5. The van der Waals surface area contributed by atoms with Gasteiger partial charge in [-0.3, -0.25) is 4.79 Å². The Morgan fingerprint density at radius 3 is 2.61 bits per heavy atom. The zero-order valence-electron chi connectivity index (χ0n) is 19.5. The number of hydrogen-bond donors (Lipinski definition) is 1. The first kappa shape index (κ1) is 24.2. The third-order valence-corrected chi connectivity index (χ3v) is 7.27. The van der Waals surface area contributed by atoms with E-state index in [9.17, 15) is 9.59 Å². The van der Waals surface area contributed by atoms with E-state index in [0.29, 0.717) is 52.4 Å². The summed E-state index contributed by atoms with van der Waals surface area (Å²) in [5, 5.41) is 8.21. The maximum absolute atomic E-state index is 13.2. The number of piperazine rings is 1. The van der Waals surface area contributed by atoms with Gasteiger partial charge in [0, 0.05) is 48.7 Å². The number of carbonyl (C=O) groups is 2. The topological polar surface area (TPSA) is 79.7 Å². The van der Waals surface area contributed by atoms with E-state index >= 15 is 0 Å². The minimum absolute atomic E-state index is 0.0370. The highest BCUT2D eigenvalue weighted by Crippen LogP contribution is 2.26. The first-order valence-electron chi connectivity index (χ1n) is 11.5. The Labute approximate surface area is 203 Å². The first-order chi connectivity index (χ1) is 15.7. The van der Waals surface area contributed by atoms with Crippen molar-refractivity contribution in [1.82, 2.24) is 24.9 Å². The van der Waals surface area contributed by atoms with E-state index in [1.807, 2.05) is 48.8 Å². The molecule has 10 heteroatoms. The van der Waals surface area contributed by atoms with E-state index in [4.69, 9.17) is 21.4 Å². The Bertz CT molecular complexity index is 993. The normalized spacial score (nSPS) is 19.7. The van der Waals surface area contributed by atoms with Gasteiger partial charge in [0.2, 0.25) is 0 Å². The molecule has 2 aliphatic rings. The predicted octanol–water partition coefficient (Wildman–Crippen LogP) is 3.47. The zero-order valence-corrected chi connectivity index (χ0v) is 21.0. The Balaban J connectivity index is 1.52. The molecule has 2 aromatic heterocycles. The molecule has 4 heterocycles. The van der Waals surface area contributed by atoms with Gasteiger partial charge in [-0.25, -0.2) is 9.48 Å². The van der Waals surface area contributed by atoms with E-state index in [0.717, 1.165) is 22.1 Å². The third-order valence-electron chi connectivity index (χ3n) is 5.98. The minimum Gasteiger partial charge on any atom is -0.378 e. The van der Waals surface area contributed by atoms with Crippen molar-refractivity contribution in [2.75, 3.05) is 45.9 Å². The number of nitrogens with zero attached hydrogens (tertiary/aromatic N) is 4. The number of morpholine rings is 1. The molecule has 0 aromatic carbocycles.